The fourth-order valence-electron chi connectivity index (χ4n) is 5.40. The molecule has 1 aromatic heterocycles. The number of hydrogen-bond donors (Lipinski definition) is 3. The molecule has 0 bridgehead atoms. The second kappa shape index (κ2) is 14.2. The second-order valence-corrected chi connectivity index (χ2v) is 13.2. The van der Waals surface area contributed by atoms with Crippen molar-refractivity contribution >= 4 is 44.7 Å². The first-order valence-electron chi connectivity index (χ1n) is 15.2. The van der Waals surface area contributed by atoms with Crippen molar-refractivity contribution in [2.45, 2.75) is 42.9 Å². The number of nitrogens with one attached hydrogen (secondary N) is 3. The van der Waals surface area contributed by atoms with Crippen LogP contribution in [0.1, 0.15) is 52.7 Å². The van der Waals surface area contributed by atoms with Gasteiger partial charge in [0.2, 0.25) is 0 Å². The van der Waals surface area contributed by atoms with Crippen LogP contribution in [0.2, 0.25) is 0 Å². The van der Waals surface area contributed by atoms with E-state index in [-0.39, 0.29) is 23.1 Å². The summed E-state index contributed by atoms with van der Waals surface area (Å²) in [6.45, 7) is 0.187. The molecule has 0 atom stereocenters. The maximum atomic E-state index is 13.9. The van der Waals surface area contributed by atoms with Crippen LogP contribution in [-0.2, 0) is 22.1 Å². The summed E-state index contributed by atoms with van der Waals surface area (Å²) in [5, 5.41) is 18.6. The van der Waals surface area contributed by atoms with E-state index in [0.29, 0.717) is 22.5 Å². The highest BCUT2D eigenvalue weighted by Crippen LogP contribution is 2.29. The molecule has 1 heterocycles. The van der Waals surface area contributed by atoms with Gasteiger partial charge in [0, 0.05) is 16.9 Å². The topological polar surface area (TPSA) is 150 Å². The zero-order valence-electron chi connectivity index (χ0n) is 25.5. The third-order valence-electron chi connectivity index (χ3n) is 7.86. The van der Waals surface area contributed by atoms with Gasteiger partial charge in [0.25, 0.3) is 11.9 Å². The molecule has 3 amide bonds. The zero-order valence-corrected chi connectivity index (χ0v) is 26.3. The van der Waals surface area contributed by atoms with Gasteiger partial charge in [-0.25, -0.2) is 13.2 Å². The molecule has 0 radical (unpaired) electrons. The van der Waals surface area contributed by atoms with Gasteiger partial charge in [-0.1, -0.05) is 71.8 Å². The molecule has 47 heavy (non-hydrogen) atoms. The molecule has 0 saturated heterocycles. The number of benzene rings is 4. The summed E-state index contributed by atoms with van der Waals surface area (Å²) in [6, 6.07) is 29.5. The number of tetrazole rings is 1. The van der Waals surface area contributed by atoms with Crippen LogP contribution in [0.3, 0.4) is 0 Å². The molecular weight excluding hydrogens is 614 g/mol. The Morgan fingerprint density at radius 1 is 0.830 bits per heavy atom. The van der Waals surface area contributed by atoms with E-state index in [2.05, 4.69) is 37.3 Å². The van der Waals surface area contributed by atoms with E-state index < -0.39 is 21.8 Å². The summed E-state index contributed by atoms with van der Waals surface area (Å²) in [5.41, 5.74) is 5.28. The highest BCUT2D eigenvalue weighted by Gasteiger charge is 2.20. The van der Waals surface area contributed by atoms with E-state index in [1.54, 1.807) is 65.6 Å². The number of rotatable bonds is 10. The number of carbonyl (C=O) groups excluding carboxylic acids is 2. The zero-order chi connectivity index (χ0) is 32.6. The second-order valence-electron chi connectivity index (χ2n) is 11.2. The lowest BCUT2D eigenvalue weighted by molar-refractivity contribution is 0.102. The van der Waals surface area contributed by atoms with Crippen LogP contribution in [0.4, 0.5) is 22.1 Å². The lowest BCUT2D eigenvalue weighted by Crippen LogP contribution is -2.34. The minimum atomic E-state index is -3.65. The quantitative estimate of drug-likeness (QED) is 0.154. The Kier molecular flexibility index (Phi) is 9.48. The highest BCUT2D eigenvalue weighted by molar-refractivity contribution is 7.90. The van der Waals surface area contributed by atoms with Gasteiger partial charge in [-0.2, -0.15) is 5.21 Å². The van der Waals surface area contributed by atoms with Crippen molar-refractivity contribution in [1.29, 1.82) is 0 Å². The summed E-state index contributed by atoms with van der Waals surface area (Å²) in [4.78, 5) is 28.2. The standard InChI is InChI=1S/C35H33N7O4S/c43-33(37-34-38-40-41-39-34)29-16-14-25(15-17-29)23-42(31-20-18-28(19-21-31)27-10-5-2-6-11-27)35(44)36-30-12-7-13-32(22-30)47(45,46)24-26-8-3-1-4-9-26/h1,3-4,7-10,12-22H,2,5-6,11,23-24H2,(H,36,44)(H2,37,38,39,40,41,43). The smallest absolute Gasteiger partial charge is 0.307 e. The molecule has 4 aromatic carbocycles. The lowest BCUT2D eigenvalue weighted by atomic mass is 9.93. The first kappa shape index (κ1) is 31.4. The Balaban J connectivity index is 1.23. The predicted octanol–water partition coefficient (Wildman–Crippen LogP) is 6.62. The van der Waals surface area contributed by atoms with Crippen molar-refractivity contribution in [2.75, 3.05) is 15.5 Å². The molecule has 11 nitrogen and oxygen atoms in total. The van der Waals surface area contributed by atoms with Crippen LogP contribution in [0, 0.1) is 0 Å². The van der Waals surface area contributed by atoms with Gasteiger partial charge in [0.05, 0.1) is 17.2 Å². The number of urea groups is 1. The molecule has 0 unspecified atom stereocenters. The van der Waals surface area contributed by atoms with E-state index in [9.17, 15) is 18.0 Å². The Hall–Kier alpha value is -5.62. The number of anilines is 3. The molecule has 0 fully saturated rings. The summed E-state index contributed by atoms with van der Waals surface area (Å²) in [5.74, 6) is -0.489. The number of nitrogens with zero attached hydrogens (tertiary/aromatic N) is 4. The number of aromatic amines is 1. The Morgan fingerprint density at radius 2 is 1.62 bits per heavy atom. The summed E-state index contributed by atoms with van der Waals surface area (Å²) in [7, 11) is -3.65. The third-order valence-corrected chi connectivity index (χ3v) is 9.54. The Morgan fingerprint density at radius 3 is 2.32 bits per heavy atom. The van der Waals surface area contributed by atoms with E-state index in [1.165, 1.54) is 24.1 Å². The SMILES string of the molecule is O=C(Nc1nn[nH]n1)c1ccc(CN(C(=O)Nc2cccc(S(=O)(=O)Cc3ccccc3)c2)c2ccc(C3=CCCCC3)cc2)cc1. The fourth-order valence-corrected chi connectivity index (χ4v) is 6.79. The van der Waals surface area contributed by atoms with Crippen molar-refractivity contribution in [2.24, 2.45) is 0 Å². The van der Waals surface area contributed by atoms with Gasteiger partial charge in [0.1, 0.15) is 0 Å². The number of hydrogen-bond acceptors (Lipinski definition) is 7. The van der Waals surface area contributed by atoms with Crippen molar-refractivity contribution in [1.82, 2.24) is 20.6 Å². The van der Waals surface area contributed by atoms with Gasteiger partial charge < -0.3 is 5.32 Å². The first-order chi connectivity index (χ1) is 22.8. The Bertz CT molecular complexity index is 1980. The average Bonchev–Trinajstić information content (AvgIpc) is 3.61. The molecule has 6 rings (SSSR count). The van der Waals surface area contributed by atoms with Crippen molar-refractivity contribution in [3.05, 3.63) is 131 Å². The maximum absolute atomic E-state index is 13.9. The van der Waals surface area contributed by atoms with E-state index >= 15 is 0 Å². The van der Waals surface area contributed by atoms with E-state index in [1.807, 2.05) is 30.3 Å². The van der Waals surface area contributed by atoms with Crippen molar-refractivity contribution < 1.29 is 18.0 Å². The van der Waals surface area contributed by atoms with Crippen LogP contribution < -0.4 is 15.5 Å². The molecule has 0 aliphatic heterocycles. The molecule has 1 aliphatic rings. The number of amides is 3. The van der Waals surface area contributed by atoms with Crippen LogP contribution >= 0.6 is 0 Å². The largest absolute Gasteiger partial charge is 0.326 e. The van der Waals surface area contributed by atoms with E-state index in [0.717, 1.165) is 30.4 Å². The van der Waals surface area contributed by atoms with Crippen LogP contribution in [0.5, 0.6) is 0 Å². The maximum Gasteiger partial charge on any atom is 0.326 e. The minimum absolute atomic E-state index is 0.0614. The number of aromatic nitrogens is 4. The Labute approximate surface area is 272 Å². The van der Waals surface area contributed by atoms with E-state index in [4.69, 9.17) is 0 Å². The summed E-state index contributed by atoms with van der Waals surface area (Å²) >= 11 is 0. The molecule has 0 saturated carbocycles. The fraction of sp³-hybridized carbons (Fsp3) is 0.171. The van der Waals surface area contributed by atoms with Crippen LogP contribution in [-0.4, -0.2) is 41.0 Å². The molecule has 12 heteroatoms. The number of sulfone groups is 1. The monoisotopic (exact) mass is 647 g/mol. The average molecular weight is 648 g/mol. The highest BCUT2D eigenvalue weighted by atomic mass is 32.2. The summed E-state index contributed by atoms with van der Waals surface area (Å²) < 4.78 is 26.4. The normalized spacial score (nSPS) is 13.0. The third kappa shape index (κ3) is 7.97. The molecular formula is C35H33N7O4S. The van der Waals surface area contributed by atoms with Gasteiger partial charge in [-0.3, -0.25) is 15.0 Å². The number of allylic oxidation sites excluding steroid dienone is 2. The molecule has 5 aromatic rings. The number of H-pyrrole nitrogens is 1. The van der Waals surface area contributed by atoms with Crippen molar-refractivity contribution in [3.63, 3.8) is 0 Å². The first-order valence-corrected chi connectivity index (χ1v) is 16.9. The van der Waals surface area contributed by atoms with Gasteiger partial charge in [-0.05, 0) is 95.6 Å². The van der Waals surface area contributed by atoms with Gasteiger partial charge in [0.15, 0.2) is 9.84 Å². The molecule has 0 spiro atoms. The molecule has 1 aliphatic carbocycles. The van der Waals surface area contributed by atoms with Crippen LogP contribution in [0.15, 0.2) is 114 Å². The van der Waals surface area contributed by atoms with Crippen LogP contribution in [0.25, 0.3) is 5.57 Å². The minimum Gasteiger partial charge on any atom is -0.307 e. The lowest BCUT2D eigenvalue weighted by Gasteiger charge is -2.24. The van der Waals surface area contributed by atoms with Gasteiger partial charge in [-0.15, -0.1) is 5.10 Å². The van der Waals surface area contributed by atoms with Gasteiger partial charge >= 0.3 is 6.03 Å². The summed E-state index contributed by atoms with van der Waals surface area (Å²) in [6.07, 6.45) is 6.72. The molecule has 3 N–H and O–H groups in total. The molecule has 238 valence electrons. The predicted molar refractivity (Wildman–Crippen MR) is 180 cm³/mol. The number of carbonyl (C=O) groups is 2. The van der Waals surface area contributed by atoms with Crippen molar-refractivity contribution in [3.8, 4) is 0 Å².